The third kappa shape index (κ3) is 5.32. The number of anilines is 1. The van der Waals surface area contributed by atoms with Gasteiger partial charge in [-0.15, -0.1) is 0 Å². The molecule has 10 heteroatoms. The number of nitrogens with zero attached hydrogens (tertiary/aromatic N) is 4. The third-order valence-corrected chi connectivity index (χ3v) is 8.70. The van der Waals surface area contributed by atoms with Gasteiger partial charge in [0.05, 0.1) is 4.90 Å². The fourth-order valence-corrected chi connectivity index (χ4v) is 6.68. The summed E-state index contributed by atoms with van der Waals surface area (Å²) in [4.78, 5) is 17.2. The number of halogens is 1. The first kappa shape index (κ1) is 25.5. The van der Waals surface area contributed by atoms with E-state index in [4.69, 9.17) is 5.26 Å². The standard InChI is InChI=1S/C26H29FN6O2S/c1-17(9-10-18-7-5-4-6-8-18)22-12-11-21-23(36(35,29-2)32-22)16-33(3)25(21)26(34)31-19-13-20(15-28)30-24(27)14-19/h4-8,13-14,16-17,22H,9-12H2,1-3H3,(H,29,32,35)(H,30,31,34)/t17?,22-,36?/m1/s1. The number of carbonyl (C=O) groups is 1. The lowest BCUT2D eigenvalue weighted by Gasteiger charge is -2.24. The third-order valence-electron chi connectivity index (χ3n) is 6.62. The van der Waals surface area contributed by atoms with Gasteiger partial charge in [0.25, 0.3) is 5.91 Å². The van der Waals surface area contributed by atoms with E-state index in [1.807, 2.05) is 18.2 Å². The first-order chi connectivity index (χ1) is 17.2. The van der Waals surface area contributed by atoms with E-state index in [9.17, 15) is 13.4 Å². The number of amides is 1. The predicted octanol–water partition coefficient (Wildman–Crippen LogP) is 4.23. The van der Waals surface area contributed by atoms with Crippen molar-refractivity contribution in [1.82, 2.24) is 14.3 Å². The van der Waals surface area contributed by atoms with E-state index < -0.39 is 21.8 Å². The van der Waals surface area contributed by atoms with Crippen molar-refractivity contribution in [2.75, 3.05) is 12.4 Å². The van der Waals surface area contributed by atoms with Gasteiger partial charge in [-0.1, -0.05) is 37.3 Å². The second-order valence-corrected chi connectivity index (χ2v) is 11.1. The molecular weight excluding hydrogens is 479 g/mol. The number of fused-ring (bicyclic) bond motifs is 1. The van der Waals surface area contributed by atoms with E-state index in [1.165, 1.54) is 18.7 Å². The highest BCUT2D eigenvalue weighted by atomic mass is 32.2. The molecule has 1 amide bonds. The average Bonchev–Trinajstić information content (AvgIpc) is 3.14. The molecule has 1 aliphatic heterocycles. The maximum Gasteiger partial charge on any atom is 0.272 e. The quantitative estimate of drug-likeness (QED) is 0.485. The van der Waals surface area contributed by atoms with Crippen LogP contribution in [0.15, 0.2) is 57.9 Å². The predicted molar refractivity (Wildman–Crippen MR) is 136 cm³/mol. The number of carbonyl (C=O) groups excluding carboxylic acids is 1. The summed E-state index contributed by atoms with van der Waals surface area (Å²) < 4.78 is 36.9. The zero-order valence-corrected chi connectivity index (χ0v) is 21.3. The van der Waals surface area contributed by atoms with Crippen molar-refractivity contribution in [3.63, 3.8) is 0 Å². The van der Waals surface area contributed by atoms with Crippen LogP contribution in [-0.2, 0) is 29.8 Å². The SMILES string of the molecule is CN=S1(=O)N[C@@H](C(C)CCc2ccccc2)CCc2c1cn(C)c2C(=O)Nc1cc(F)nc(C#N)c1. The molecule has 2 aromatic heterocycles. The summed E-state index contributed by atoms with van der Waals surface area (Å²) >= 11 is 0. The van der Waals surface area contributed by atoms with Crippen molar-refractivity contribution in [2.45, 2.75) is 43.5 Å². The van der Waals surface area contributed by atoms with Gasteiger partial charge in [0.2, 0.25) is 5.95 Å². The molecule has 0 saturated heterocycles. The number of aromatic nitrogens is 2. The van der Waals surface area contributed by atoms with Gasteiger partial charge in [-0.05, 0) is 43.2 Å². The second-order valence-electron chi connectivity index (χ2n) is 9.03. The van der Waals surface area contributed by atoms with Gasteiger partial charge in [0.15, 0.2) is 0 Å². The zero-order valence-electron chi connectivity index (χ0n) is 20.5. The summed E-state index contributed by atoms with van der Waals surface area (Å²) in [7, 11) is 0.256. The highest BCUT2D eigenvalue weighted by Crippen LogP contribution is 2.31. The number of hydrogen-bond acceptors (Lipinski definition) is 5. The number of benzene rings is 1. The Morgan fingerprint density at radius 3 is 2.83 bits per heavy atom. The first-order valence-electron chi connectivity index (χ1n) is 11.8. The fourth-order valence-electron chi connectivity index (χ4n) is 4.66. The molecule has 3 heterocycles. The highest BCUT2D eigenvalue weighted by Gasteiger charge is 2.33. The topological polar surface area (TPSA) is 112 Å². The van der Waals surface area contributed by atoms with Crippen LogP contribution >= 0.6 is 0 Å². The molecule has 3 aromatic rings. The Bertz CT molecular complexity index is 1440. The van der Waals surface area contributed by atoms with Gasteiger partial charge >= 0.3 is 0 Å². The van der Waals surface area contributed by atoms with Crippen LogP contribution in [0.25, 0.3) is 0 Å². The number of aryl methyl sites for hydroxylation is 2. The van der Waals surface area contributed by atoms with Crippen LogP contribution in [0.5, 0.6) is 0 Å². The van der Waals surface area contributed by atoms with Crippen LogP contribution < -0.4 is 10.0 Å². The van der Waals surface area contributed by atoms with E-state index in [2.05, 4.69) is 38.4 Å². The number of rotatable bonds is 6. The lowest BCUT2D eigenvalue weighted by atomic mass is 9.91. The number of nitriles is 1. The molecule has 2 unspecified atom stereocenters. The number of nitrogens with one attached hydrogen (secondary N) is 2. The summed E-state index contributed by atoms with van der Waals surface area (Å²) in [5, 5.41) is 11.7. The van der Waals surface area contributed by atoms with Crippen LogP contribution in [0.3, 0.4) is 0 Å². The van der Waals surface area contributed by atoms with Crippen molar-refractivity contribution >= 4 is 21.5 Å². The van der Waals surface area contributed by atoms with Crippen LogP contribution in [0, 0.1) is 23.2 Å². The molecule has 188 valence electrons. The van der Waals surface area contributed by atoms with E-state index in [1.54, 1.807) is 23.9 Å². The molecule has 36 heavy (non-hydrogen) atoms. The maximum atomic E-state index is 14.0. The minimum Gasteiger partial charge on any atom is -0.345 e. The minimum absolute atomic E-state index is 0.0500. The monoisotopic (exact) mass is 508 g/mol. The zero-order chi connectivity index (χ0) is 25.9. The Morgan fingerprint density at radius 2 is 2.14 bits per heavy atom. The van der Waals surface area contributed by atoms with Crippen molar-refractivity contribution in [1.29, 1.82) is 5.26 Å². The van der Waals surface area contributed by atoms with E-state index >= 15 is 0 Å². The Kier molecular flexibility index (Phi) is 7.52. The smallest absolute Gasteiger partial charge is 0.272 e. The van der Waals surface area contributed by atoms with Gasteiger partial charge in [0.1, 0.15) is 27.4 Å². The first-order valence-corrected chi connectivity index (χ1v) is 13.3. The molecule has 1 aliphatic rings. The molecule has 0 radical (unpaired) electrons. The molecule has 0 spiro atoms. The molecule has 0 bridgehead atoms. The minimum atomic E-state index is -2.97. The van der Waals surface area contributed by atoms with E-state index in [-0.39, 0.29) is 23.3 Å². The van der Waals surface area contributed by atoms with Crippen molar-refractivity contribution in [3.05, 3.63) is 77.1 Å². The largest absolute Gasteiger partial charge is 0.345 e. The second kappa shape index (κ2) is 10.6. The molecule has 0 aliphatic carbocycles. The van der Waals surface area contributed by atoms with Gasteiger partial charge in [0, 0.05) is 43.7 Å². The van der Waals surface area contributed by atoms with E-state index in [0.29, 0.717) is 29.0 Å². The summed E-state index contributed by atoms with van der Waals surface area (Å²) in [6.07, 6.45) is 4.73. The lowest BCUT2D eigenvalue weighted by Crippen LogP contribution is -2.38. The Balaban J connectivity index is 1.59. The molecule has 0 fully saturated rings. The molecule has 2 N–H and O–H groups in total. The van der Waals surface area contributed by atoms with Crippen LogP contribution in [0.2, 0.25) is 0 Å². The van der Waals surface area contributed by atoms with Crippen LogP contribution in [0.1, 0.15) is 47.1 Å². The summed E-state index contributed by atoms with van der Waals surface area (Å²) in [5.41, 5.74) is 2.23. The number of hydrogen-bond donors (Lipinski definition) is 2. The van der Waals surface area contributed by atoms with Gasteiger partial charge < -0.3 is 9.88 Å². The summed E-state index contributed by atoms with van der Waals surface area (Å²) in [6, 6.07) is 14.3. The van der Waals surface area contributed by atoms with Crippen LogP contribution in [-0.4, -0.2) is 32.8 Å². The summed E-state index contributed by atoms with van der Waals surface area (Å²) in [5.74, 6) is -1.12. The molecule has 3 atom stereocenters. The van der Waals surface area contributed by atoms with Crippen LogP contribution in [0.4, 0.5) is 10.1 Å². The Labute approximate surface area is 210 Å². The molecular formula is C26H29FN6O2S. The average molecular weight is 509 g/mol. The fraction of sp³-hybridized carbons (Fsp3) is 0.346. The molecule has 4 rings (SSSR count). The lowest BCUT2D eigenvalue weighted by molar-refractivity contribution is 0.101. The normalized spacial score (nSPS) is 20.0. The van der Waals surface area contributed by atoms with Crippen molar-refractivity contribution in [2.24, 2.45) is 17.3 Å². The van der Waals surface area contributed by atoms with Gasteiger partial charge in [-0.3, -0.25) is 4.79 Å². The van der Waals surface area contributed by atoms with Gasteiger partial charge in [-0.2, -0.15) is 9.65 Å². The van der Waals surface area contributed by atoms with Crippen molar-refractivity contribution < 1.29 is 13.4 Å². The maximum absolute atomic E-state index is 14.0. The molecule has 8 nitrogen and oxygen atoms in total. The summed E-state index contributed by atoms with van der Waals surface area (Å²) in [6.45, 7) is 2.14. The Hall–Kier alpha value is -3.55. The van der Waals surface area contributed by atoms with Crippen molar-refractivity contribution in [3.8, 4) is 6.07 Å². The Morgan fingerprint density at radius 1 is 1.39 bits per heavy atom. The van der Waals surface area contributed by atoms with Gasteiger partial charge in [-0.25, -0.2) is 18.3 Å². The highest BCUT2D eigenvalue weighted by molar-refractivity contribution is 7.91. The number of pyridine rings is 1. The van der Waals surface area contributed by atoms with E-state index in [0.717, 1.165) is 18.9 Å². The molecule has 1 aromatic carbocycles. The molecule has 0 saturated carbocycles.